The zero-order valence-corrected chi connectivity index (χ0v) is 12.5. The highest BCUT2D eigenvalue weighted by Crippen LogP contribution is 2.23. The normalized spacial score (nSPS) is 19.7. The number of amides is 1. The molecular formula is C16H19FN4O. The lowest BCUT2D eigenvalue weighted by molar-refractivity contribution is -0.120. The summed E-state index contributed by atoms with van der Waals surface area (Å²) in [5.41, 5.74) is 2.86. The second-order valence-corrected chi connectivity index (χ2v) is 5.65. The van der Waals surface area contributed by atoms with Crippen LogP contribution in [0.3, 0.4) is 0 Å². The largest absolute Gasteiger partial charge is 0.355 e. The fraction of sp³-hybridized carbons (Fsp3) is 0.375. The molecule has 5 nitrogen and oxygen atoms in total. The lowest BCUT2D eigenvalue weighted by atomic mass is 10.1. The Morgan fingerprint density at radius 1 is 1.36 bits per heavy atom. The molecule has 2 aromatic rings. The third-order valence-corrected chi connectivity index (χ3v) is 4.07. The molecule has 0 unspecified atom stereocenters. The van der Waals surface area contributed by atoms with Crippen LogP contribution in [0.15, 0.2) is 30.5 Å². The van der Waals surface area contributed by atoms with Crippen LogP contribution in [0.4, 0.5) is 4.39 Å². The van der Waals surface area contributed by atoms with Gasteiger partial charge in [0.15, 0.2) is 0 Å². The van der Waals surface area contributed by atoms with E-state index in [0.29, 0.717) is 19.5 Å². The molecule has 1 amide bonds. The maximum Gasteiger partial charge on any atom is 0.221 e. The first kappa shape index (κ1) is 14.7. The predicted octanol–water partition coefficient (Wildman–Crippen LogP) is 1.93. The minimum Gasteiger partial charge on any atom is -0.355 e. The van der Waals surface area contributed by atoms with Crippen LogP contribution >= 0.6 is 0 Å². The fourth-order valence-electron chi connectivity index (χ4n) is 2.70. The summed E-state index contributed by atoms with van der Waals surface area (Å²) in [6, 6.07) is 6.63. The molecule has 116 valence electrons. The van der Waals surface area contributed by atoms with E-state index in [9.17, 15) is 9.18 Å². The summed E-state index contributed by atoms with van der Waals surface area (Å²) in [6.45, 7) is 4.19. The van der Waals surface area contributed by atoms with Gasteiger partial charge in [0.2, 0.25) is 5.91 Å². The Balaban J connectivity index is 1.80. The summed E-state index contributed by atoms with van der Waals surface area (Å²) in [5, 5.41) is 10.0. The average molecular weight is 302 g/mol. The van der Waals surface area contributed by atoms with Crippen LogP contribution in [0, 0.1) is 5.82 Å². The van der Waals surface area contributed by atoms with E-state index >= 15 is 0 Å². The monoisotopic (exact) mass is 302 g/mol. The van der Waals surface area contributed by atoms with Crippen LogP contribution in [0.2, 0.25) is 0 Å². The number of aromatic amines is 1. The van der Waals surface area contributed by atoms with Crippen LogP contribution < -0.4 is 5.32 Å². The van der Waals surface area contributed by atoms with Crippen LogP contribution in [0.5, 0.6) is 0 Å². The Bertz CT molecular complexity index is 652. The third-order valence-electron chi connectivity index (χ3n) is 4.07. The number of hydrogen-bond acceptors (Lipinski definition) is 3. The molecule has 1 aromatic heterocycles. The van der Waals surface area contributed by atoms with Gasteiger partial charge in [-0.05, 0) is 31.2 Å². The number of benzene rings is 1. The molecule has 1 atom stereocenters. The van der Waals surface area contributed by atoms with Crippen LogP contribution in [-0.4, -0.2) is 40.1 Å². The van der Waals surface area contributed by atoms with Crippen molar-refractivity contribution in [1.82, 2.24) is 20.4 Å². The number of hydrogen-bond donors (Lipinski definition) is 2. The topological polar surface area (TPSA) is 61.0 Å². The highest BCUT2D eigenvalue weighted by atomic mass is 19.1. The van der Waals surface area contributed by atoms with E-state index in [-0.39, 0.29) is 17.8 Å². The first-order valence-corrected chi connectivity index (χ1v) is 7.42. The van der Waals surface area contributed by atoms with Gasteiger partial charge in [-0.3, -0.25) is 14.8 Å². The Morgan fingerprint density at radius 2 is 2.14 bits per heavy atom. The van der Waals surface area contributed by atoms with Gasteiger partial charge in [-0.15, -0.1) is 0 Å². The van der Waals surface area contributed by atoms with E-state index in [1.807, 2.05) is 0 Å². The van der Waals surface area contributed by atoms with Crippen molar-refractivity contribution >= 4 is 5.91 Å². The molecule has 0 spiro atoms. The summed E-state index contributed by atoms with van der Waals surface area (Å²) >= 11 is 0. The van der Waals surface area contributed by atoms with Crippen molar-refractivity contribution in [3.05, 3.63) is 41.8 Å². The standard InChI is InChI=1S/C16H19FN4O/c1-11-8-18-15(22)6-7-21(11)10-13-9-19-20-16(13)12-2-4-14(17)5-3-12/h2-5,9,11H,6-8,10H2,1H3,(H,18,22)(H,19,20)/t11-/m1/s1. The minimum atomic E-state index is -0.254. The van der Waals surface area contributed by atoms with Gasteiger partial charge in [0.25, 0.3) is 0 Å². The van der Waals surface area contributed by atoms with E-state index < -0.39 is 0 Å². The molecule has 2 heterocycles. The number of nitrogens with zero attached hydrogens (tertiary/aromatic N) is 2. The summed E-state index contributed by atoms with van der Waals surface area (Å²) in [5.74, 6) is -0.157. The van der Waals surface area contributed by atoms with Crippen molar-refractivity contribution in [1.29, 1.82) is 0 Å². The third kappa shape index (κ3) is 3.17. The zero-order valence-electron chi connectivity index (χ0n) is 12.5. The minimum absolute atomic E-state index is 0.0975. The van der Waals surface area contributed by atoms with Crippen molar-refractivity contribution in [2.24, 2.45) is 0 Å². The van der Waals surface area contributed by atoms with E-state index in [1.165, 1.54) is 12.1 Å². The van der Waals surface area contributed by atoms with Gasteiger partial charge in [-0.2, -0.15) is 5.10 Å². The number of H-pyrrole nitrogens is 1. The van der Waals surface area contributed by atoms with E-state index in [1.54, 1.807) is 18.3 Å². The predicted molar refractivity (Wildman–Crippen MR) is 81.5 cm³/mol. The molecule has 1 aromatic carbocycles. The Morgan fingerprint density at radius 3 is 2.91 bits per heavy atom. The molecule has 1 fully saturated rings. The number of halogens is 1. The Hall–Kier alpha value is -2.21. The molecule has 0 aliphatic carbocycles. The number of carbonyl (C=O) groups is 1. The molecule has 1 aliphatic rings. The van der Waals surface area contributed by atoms with Gasteiger partial charge in [0, 0.05) is 43.2 Å². The maximum atomic E-state index is 13.1. The van der Waals surface area contributed by atoms with Crippen molar-refractivity contribution in [2.45, 2.75) is 25.9 Å². The molecule has 0 saturated carbocycles. The zero-order chi connectivity index (χ0) is 15.5. The maximum absolute atomic E-state index is 13.1. The van der Waals surface area contributed by atoms with Crippen LogP contribution in [0.25, 0.3) is 11.3 Å². The van der Waals surface area contributed by atoms with Crippen molar-refractivity contribution in [2.75, 3.05) is 13.1 Å². The molecule has 3 rings (SSSR count). The van der Waals surface area contributed by atoms with Gasteiger partial charge in [0.05, 0.1) is 11.9 Å². The van der Waals surface area contributed by atoms with Crippen LogP contribution in [0.1, 0.15) is 18.9 Å². The number of rotatable bonds is 3. The average Bonchev–Trinajstić information content (AvgIpc) is 2.91. The molecular weight excluding hydrogens is 283 g/mol. The highest BCUT2D eigenvalue weighted by molar-refractivity contribution is 5.76. The lowest BCUT2D eigenvalue weighted by Crippen LogP contribution is -2.37. The molecule has 1 saturated heterocycles. The quantitative estimate of drug-likeness (QED) is 0.910. The molecule has 1 aliphatic heterocycles. The Kier molecular flexibility index (Phi) is 4.20. The van der Waals surface area contributed by atoms with Crippen molar-refractivity contribution in [3.63, 3.8) is 0 Å². The smallest absolute Gasteiger partial charge is 0.221 e. The SMILES string of the molecule is C[C@@H]1CNC(=O)CCN1Cc1cn[nH]c1-c1ccc(F)cc1. The lowest BCUT2D eigenvalue weighted by Gasteiger charge is -2.26. The van der Waals surface area contributed by atoms with Crippen LogP contribution in [-0.2, 0) is 11.3 Å². The van der Waals surface area contributed by atoms with E-state index in [4.69, 9.17) is 0 Å². The fourth-order valence-corrected chi connectivity index (χ4v) is 2.70. The molecule has 22 heavy (non-hydrogen) atoms. The van der Waals surface area contributed by atoms with Gasteiger partial charge >= 0.3 is 0 Å². The summed E-state index contributed by atoms with van der Waals surface area (Å²) in [4.78, 5) is 13.8. The molecule has 6 heteroatoms. The molecule has 0 radical (unpaired) electrons. The number of nitrogens with one attached hydrogen (secondary N) is 2. The number of carbonyl (C=O) groups excluding carboxylic acids is 1. The van der Waals surface area contributed by atoms with Gasteiger partial charge in [-0.1, -0.05) is 0 Å². The Labute approximate surface area is 128 Å². The number of aromatic nitrogens is 2. The van der Waals surface area contributed by atoms with Crippen molar-refractivity contribution in [3.8, 4) is 11.3 Å². The van der Waals surface area contributed by atoms with Crippen molar-refractivity contribution < 1.29 is 9.18 Å². The second kappa shape index (κ2) is 6.27. The molecule has 0 bridgehead atoms. The first-order valence-electron chi connectivity index (χ1n) is 7.42. The molecule has 2 N–H and O–H groups in total. The van der Waals surface area contributed by atoms with E-state index in [0.717, 1.165) is 23.4 Å². The second-order valence-electron chi connectivity index (χ2n) is 5.65. The van der Waals surface area contributed by atoms with Gasteiger partial charge in [0.1, 0.15) is 5.82 Å². The van der Waals surface area contributed by atoms with Gasteiger partial charge < -0.3 is 5.32 Å². The summed E-state index contributed by atoms with van der Waals surface area (Å²) < 4.78 is 13.1. The van der Waals surface area contributed by atoms with E-state index in [2.05, 4.69) is 27.3 Å². The van der Waals surface area contributed by atoms with Gasteiger partial charge in [-0.25, -0.2) is 4.39 Å². The summed E-state index contributed by atoms with van der Waals surface area (Å²) in [7, 11) is 0. The highest BCUT2D eigenvalue weighted by Gasteiger charge is 2.21. The first-order chi connectivity index (χ1) is 10.6. The summed E-state index contributed by atoms with van der Waals surface area (Å²) in [6.07, 6.45) is 2.31.